The van der Waals surface area contributed by atoms with Crippen molar-refractivity contribution in [2.24, 2.45) is 0 Å². The lowest BCUT2D eigenvalue weighted by Gasteiger charge is -2.00. The minimum absolute atomic E-state index is 0.306. The fourth-order valence-corrected chi connectivity index (χ4v) is 0.754. The summed E-state index contributed by atoms with van der Waals surface area (Å²) in [7, 11) is 0. The Morgan fingerprint density at radius 2 is 2.50 bits per heavy atom. The van der Waals surface area contributed by atoms with Gasteiger partial charge < -0.3 is 5.11 Å². The van der Waals surface area contributed by atoms with E-state index in [1.165, 1.54) is 0 Å². The summed E-state index contributed by atoms with van der Waals surface area (Å²) in [5.74, 6) is 0.535. The van der Waals surface area contributed by atoms with Crippen LogP contribution < -0.4 is 0 Å². The van der Waals surface area contributed by atoms with Gasteiger partial charge in [0.2, 0.25) is 0 Å². The van der Waals surface area contributed by atoms with E-state index in [2.05, 4.69) is 0 Å². The number of hydrogen-bond acceptors (Lipinski definition) is 3. The van der Waals surface area contributed by atoms with Crippen molar-refractivity contribution in [2.45, 2.75) is 19.4 Å². The lowest BCUT2D eigenvalue weighted by molar-refractivity contribution is 0.195. The van der Waals surface area contributed by atoms with E-state index in [4.69, 9.17) is 10.4 Å². The molecule has 0 bridgehead atoms. The van der Waals surface area contributed by atoms with Crippen LogP contribution >= 0.6 is 11.8 Å². The monoisotopic (exact) mass is 131 g/mol. The minimum atomic E-state index is -0.306. The van der Waals surface area contributed by atoms with E-state index in [9.17, 15) is 0 Å². The fourth-order valence-electron chi connectivity index (χ4n) is 0.251. The number of rotatable bonds is 3. The Hall–Kier alpha value is -0.200. The van der Waals surface area contributed by atoms with Gasteiger partial charge in [-0.2, -0.15) is 5.26 Å². The van der Waals surface area contributed by atoms with E-state index in [1.54, 1.807) is 0 Å². The smallest absolute Gasteiger partial charge is 0.133 e. The number of aliphatic hydroxyl groups is 1. The average Bonchev–Trinajstić information content (AvgIpc) is 1.83. The van der Waals surface area contributed by atoms with Gasteiger partial charge in [0.15, 0.2) is 0 Å². The van der Waals surface area contributed by atoms with Gasteiger partial charge in [-0.15, -0.1) is 0 Å². The van der Waals surface area contributed by atoms with Gasteiger partial charge in [-0.25, -0.2) is 0 Å². The van der Waals surface area contributed by atoms with Gasteiger partial charge in [-0.3, -0.25) is 0 Å². The molecule has 0 fully saturated rings. The predicted octanol–water partition coefficient (Wildman–Crippen LogP) is 0.972. The van der Waals surface area contributed by atoms with Crippen molar-refractivity contribution in [3.63, 3.8) is 0 Å². The predicted molar refractivity (Wildman–Crippen MR) is 34.4 cm³/mol. The molecule has 1 N–H and O–H groups in total. The van der Waals surface area contributed by atoms with Crippen LogP contribution in [0.25, 0.3) is 0 Å². The van der Waals surface area contributed by atoms with Crippen LogP contribution in [0, 0.1) is 10.7 Å². The standard InChI is InChI=1S/C5H9NOS/c1-2-5(7)3-8-4-6/h5,7H,2-3H2,1H3/t5-/m0/s1. The number of thioether (sulfide) groups is 1. The van der Waals surface area contributed by atoms with Gasteiger partial charge in [-0.05, 0) is 18.2 Å². The van der Waals surface area contributed by atoms with Crippen LogP contribution in [0.4, 0.5) is 0 Å². The Kier molecular flexibility index (Phi) is 4.82. The molecule has 0 amide bonds. The summed E-state index contributed by atoms with van der Waals surface area (Å²) < 4.78 is 0. The Labute approximate surface area is 53.5 Å². The topological polar surface area (TPSA) is 44.0 Å². The highest BCUT2D eigenvalue weighted by Gasteiger charge is 1.97. The molecule has 0 heterocycles. The van der Waals surface area contributed by atoms with E-state index in [0.717, 1.165) is 18.2 Å². The summed E-state index contributed by atoms with van der Waals surface area (Å²) in [6, 6.07) is 0. The van der Waals surface area contributed by atoms with E-state index in [0.29, 0.717) is 5.75 Å². The fraction of sp³-hybridized carbons (Fsp3) is 0.800. The van der Waals surface area contributed by atoms with Crippen molar-refractivity contribution in [1.29, 1.82) is 5.26 Å². The summed E-state index contributed by atoms with van der Waals surface area (Å²) in [4.78, 5) is 0. The summed E-state index contributed by atoms with van der Waals surface area (Å²) in [5, 5.41) is 18.7. The average molecular weight is 131 g/mol. The molecule has 0 aromatic carbocycles. The van der Waals surface area contributed by atoms with Crippen LogP contribution in [-0.2, 0) is 0 Å². The molecule has 0 saturated heterocycles. The van der Waals surface area contributed by atoms with Crippen molar-refractivity contribution in [1.82, 2.24) is 0 Å². The number of nitrogens with zero attached hydrogens (tertiary/aromatic N) is 1. The third kappa shape index (κ3) is 3.97. The SMILES string of the molecule is CC[C@H](O)CSC#N. The zero-order valence-corrected chi connectivity index (χ0v) is 5.61. The van der Waals surface area contributed by atoms with Crippen LogP contribution in [0.5, 0.6) is 0 Å². The lowest BCUT2D eigenvalue weighted by Crippen LogP contribution is -2.06. The highest BCUT2D eigenvalue weighted by molar-refractivity contribution is 8.03. The summed E-state index contributed by atoms with van der Waals surface area (Å²) in [5.41, 5.74) is 0. The van der Waals surface area contributed by atoms with E-state index in [-0.39, 0.29) is 6.10 Å². The third-order valence-electron chi connectivity index (χ3n) is 0.812. The van der Waals surface area contributed by atoms with Crippen molar-refractivity contribution in [3.05, 3.63) is 0 Å². The highest BCUT2D eigenvalue weighted by atomic mass is 32.2. The van der Waals surface area contributed by atoms with Crippen LogP contribution in [-0.4, -0.2) is 17.0 Å². The molecule has 0 unspecified atom stereocenters. The van der Waals surface area contributed by atoms with Crippen molar-refractivity contribution >= 4 is 11.8 Å². The van der Waals surface area contributed by atoms with Gasteiger partial charge in [0.25, 0.3) is 0 Å². The van der Waals surface area contributed by atoms with Gasteiger partial charge in [0.05, 0.1) is 6.10 Å². The first kappa shape index (κ1) is 7.80. The van der Waals surface area contributed by atoms with Gasteiger partial charge in [0, 0.05) is 5.75 Å². The molecular formula is C5H9NOS. The molecule has 0 aromatic heterocycles. The molecule has 0 aliphatic rings. The van der Waals surface area contributed by atoms with Gasteiger partial charge in [0.1, 0.15) is 5.40 Å². The molecule has 2 nitrogen and oxygen atoms in total. The maximum absolute atomic E-state index is 8.82. The molecule has 0 spiro atoms. The van der Waals surface area contributed by atoms with Gasteiger partial charge >= 0.3 is 0 Å². The first-order valence-corrected chi connectivity index (χ1v) is 3.48. The second-order valence-electron chi connectivity index (χ2n) is 1.46. The Morgan fingerprint density at radius 3 is 2.88 bits per heavy atom. The van der Waals surface area contributed by atoms with E-state index >= 15 is 0 Å². The largest absolute Gasteiger partial charge is 0.392 e. The maximum atomic E-state index is 8.82. The van der Waals surface area contributed by atoms with Crippen LogP contribution in [0.3, 0.4) is 0 Å². The van der Waals surface area contributed by atoms with Crippen molar-refractivity contribution in [3.8, 4) is 5.40 Å². The summed E-state index contributed by atoms with van der Waals surface area (Å²) >= 11 is 1.10. The number of hydrogen-bond donors (Lipinski definition) is 1. The van der Waals surface area contributed by atoms with E-state index < -0.39 is 0 Å². The molecule has 0 rings (SSSR count). The summed E-state index contributed by atoms with van der Waals surface area (Å²) in [6.45, 7) is 1.89. The van der Waals surface area contributed by atoms with Crippen LogP contribution in [0.1, 0.15) is 13.3 Å². The molecule has 46 valence electrons. The second kappa shape index (κ2) is 4.95. The quantitative estimate of drug-likeness (QED) is 0.580. The number of thiocyanates is 1. The first-order valence-electron chi connectivity index (χ1n) is 2.50. The minimum Gasteiger partial charge on any atom is -0.392 e. The molecule has 0 aliphatic heterocycles. The molecule has 8 heavy (non-hydrogen) atoms. The maximum Gasteiger partial charge on any atom is 0.133 e. The zero-order valence-electron chi connectivity index (χ0n) is 4.79. The molecular weight excluding hydrogens is 122 g/mol. The highest BCUT2D eigenvalue weighted by Crippen LogP contribution is 2.01. The number of aliphatic hydroxyl groups excluding tert-OH is 1. The lowest BCUT2D eigenvalue weighted by atomic mass is 10.3. The number of nitriles is 1. The Morgan fingerprint density at radius 1 is 1.88 bits per heavy atom. The Bertz CT molecular complexity index is 88.9. The molecule has 3 heteroatoms. The van der Waals surface area contributed by atoms with E-state index in [1.807, 2.05) is 12.3 Å². The molecule has 1 atom stereocenters. The molecule has 0 radical (unpaired) electrons. The molecule has 0 saturated carbocycles. The zero-order chi connectivity index (χ0) is 6.41. The van der Waals surface area contributed by atoms with Crippen LogP contribution in [0.15, 0.2) is 0 Å². The molecule has 0 aromatic rings. The Balaban J connectivity index is 3.01. The van der Waals surface area contributed by atoms with Gasteiger partial charge in [-0.1, -0.05) is 6.92 Å². The third-order valence-corrected chi connectivity index (χ3v) is 1.49. The van der Waals surface area contributed by atoms with Crippen molar-refractivity contribution < 1.29 is 5.11 Å². The normalized spacial score (nSPS) is 12.6. The summed E-state index contributed by atoms with van der Waals surface area (Å²) in [6.07, 6.45) is 0.425. The molecule has 0 aliphatic carbocycles. The second-order valence-corrected chi connectivity index (χ2v) is 2.27. The van der Waals surface area contributed by atoms with Crippen molar-refractivity contribution in [2.75, 3.05) is 5.75 Å². The first-order chi connectivity index (χ1) is 3.81. The van der Waals surface area contributed by atoms with Crippen LogP contribution in [0.2, 0.25) is 0 Å².